The Morgan fingerprint density at radius 1 is 0.968 bits per heavy atom. The Balaban J connectivity index is 1.67. The Hall–Kier alpha value is -3.15. The van der Waals surface area contributed by atoms with Crippen molar-refractivity contribution in [3.05, 3.63) is 52.9 Å². The molecule has 3 aromatic rings. The van der Waals surface area contributed by atoms with Gasteiger partial charge in [0.25, 0.3) is 0 Å². The first-order valence-corrected chi connectivity index (χ1v) is 9.35. The molecule has 0 saturated carbocycles. The van der Waals surface area contributed by atoms with Crippen molar-refractivity contribution in [1.29, 1.82) is 0 Å². The fourth-order valence-electron chi connectivity index (χ4n) is 3.37. The van der Waals surface area contributed by atoms with Crippen LogP contribution in [0.4, 0.5) is 0 Å². The lowest BCUT2D eigenvalue weighted by Crippen LogP contribution is -2.60. The molecule has 10 heteroatoms. The summed E-state index contributed by atoms with van der Waals surface area (Å²) in [5.74, 6) is -0.626. The van der Waals surface area contributed by atoms with Gasteiger partial charge in [0.05, 0.1) is 17.6 Å². The fourth-order valence-corrected chi connectivity index (χ4v) is 3.37. The molecule has 1 saturated heterocycles. The molecule has 1 aliphatic rings. The minimum atomic E-state index is -1.67. The summed E-state index contributed by atoms with van der Waals surface area (Å²) < 4.78 is 16.2. The number of phenols is 2. The molecule has 0 unspecified atom stereocenters. The number of rotatable bonds is 4. The average molecular weight is 432 g/mol. The van der Waals surface area contributed by atoms with E-state index in [1.165, 1.54) is 24.5 Å². The summed E-state index contributed by atoms with van der Waals surface area (Å²) in [6.45, 7) is -0.635. The number of aliphatic hydroxyl groups excluding tert-OH is 4. The SMILES string of the molecule is O=c1c(-c2ccc(O)cc2)coc2cc(O[C@H]3O[C@@H](CO)[C@H](O)[C@@H](O)[C@@H]3O)c(O)cc12. The Labute approximate surface area is 174 Å². The molecule has 2 aromatic carbocycles. The van der Waals surface area contributed by atoms with E-state index in [1.54, 1.807) is 12.1 Å². The maximum atomic E-state index is 12.9. The third kappa shape index (κ3) is 3.82. The summed E-state index contributed by atoms with van der Waals surface area (Å²) in [7, 11) is 0. The highest BCUT2D eigenvalue weighted by atomic mass is 16.7. The van der Waals surface area contributed by atoms with Gasteiger partial charge in [0.15, 0.2) is 11.5 Å². The zero-order valence-electron chi connectivity index (χ0n) is 16.0. The van der Waals surface area contributed by atoms with Crippen LogP contribution in [-0.4, -0.2) is 68.0 Å². The molecule has 164 valence electrons. The lowest BCUT2D eigenvalue weighted by Gasteiger charge is -2.39. The maximum Gasteiger partial charge on any atom is 0.229 e. The van der Waals surface area contributed by atoms with Crippen molar-refractivity contribution in [2.75, 3.05) is 6.61 Å². The molecule has 6 N–H and O–H groups in total. The zero-order chi connectivity index (χ0) is 22.3. The fraction of sp³-hybridized carbons (Fsp3) is 0.286. The van der Waals surface area contributed by atoms with Gasteiger partial charge in [0.1, 0.15) is 42.0 Å². The van der Waals surface area contributed by atoms with Crippen molar-refractivity contribution in [1.82, 2.24) is 0 Å². The number of fused-ring (bicyclic) bond motifs is 1. The highest BCUT2D eigenvalue weighted by Gasteiger charge is 2.45. The topological polar surface area (TPSA) is 170 Å². The van der Waals surface area contributed by atoms with Gasteiger partial charge in [-0.15, -0.1) is 0 Å². The summed E-state index contributed by atoms with van der Waals surface area (Å²) in [5, 5.41) is 58.9. The van der Waals surface area contributed by atoms with Gasteiger partial charge in [0.2, 0.25) is 11.7 Å². The van der Waals surface area contributed by atoms with Crippen molar-refractivity contribution in [2.24, 2.45) is 0 Å². The maximum absolute atomic E-state index is 12.9. The predicted octanol–water partition coefficient (Wildman–Crippen LogP) is 0.0499. The molecule has 4 rings (SSSR count). The lowest BCUT2D eigenvalue weighted by atomic mass is 9.99. The molecule has 0 aliphatic carbocycles. The minimum Gasteiger partial charge on any atom is -0.508 e. The van der Waals surface area contributed by atoms with Gasteiger partial charge >= 0.3 is 0 Å². The van der Waals surface area contributed by atoms with Crippen LogP contribution >= 0.6 is 0 Å². The number of aromatic hydroxyl groups is 2. The smallest absolute Gasteiger partial charge is 0.229 e. The second kappa shape index (κ2) is 8.17. The summed E-state index contributed by atoms with van der Waals surface area (Å²) in [5.41, 5.74) is 0.371. The van der Waals surface area contributed by atoms with Gasteiger partial charge < -0.3 is 44.5 Å². The zero-order valence-corrected chi connectivity index (χ0v) is 16.0. The van der Waals surface area contributed by atoms with Crippen LogP contribution in [0.3, 0.4) is 0 Å². The van der Waals surface area contributed by atoms with Crippen LogP contribution in [0.2, 0.25) is 0 Å². The van der Waals surface area contributed by atoms with E-state index in [1.807, 2.05) is 0 Å². The van der Waals surface area contributed by atoms with E-state index in [0.717, 1.165) is 6.07 Å². The van der Waals surface area contributed by atoms with Gasteiger partial charge in [-0.3, -0.25) is 4.79 Å². The molecule has 10 nitrogen and oxygen atoms in total. The third-order valence-corrected chi connectivity index (χ3v) is 5.12. The van der Waals surface area contributed by atoms with Crippen LogP contribution in [0.5, 0.6) is 17.2 Å². The van der Waals surface area contributed by atoms with E-state index in [4.69, 9.17) is 13.9 Å². The molecular formula is C21H20O10. The van der Waals surface area contributed by atoms with Crippen LogP contribution < -0.4 is 10.2 Å². The summed E-state index contributed by atoms with van der Waals surface area (Å²) >= 11 is 0. The Bertz CT molecular complexity index is 1140. The Morgan fingerprint density at radius 3 is 2.35 bits per heavy atom. The van der Waals surface area contributed by atoms with Crippen molar-refractivity contribution in [3.8, 4) is 28.4 Å². The second-order valence-electron chi connectivity index (χ2n) is 7.16. The highest BCUT2D eigenvalue weighted by Crippen LogP contribution is 2.34. The molecule has 0 bridgehead atoms. The molecule has 0 amide bonds. The van der Waals surface area contributed by atoms with E-state index < -0.39 is 48.5 Å². The van der Waals surface area contributed by atoms with Gasteiger partial charge in [-0.25, -0.2) is 0 Å². The molecule has 31 heavy (non-hydrogen) atoms. The third-order valence-electron chi connectivity index (χ3n) is 5.12. The van der Waals surface area contributed by atoms with E-state index in [9.17, 15) is 35.4 Å². The largest absolute Gasteiger partial charge is 0.508 e. The first-order valence-electron chi connectivity index (χ1n) is 9.35. The highest BCUT2D eigenvalue weighted by molar-refractivity contribution is 5.84. The number of benzene rings is 2. The summed E-state index contributed by atoms with van der Waals surface area (Å²) in [4.78, 5) is 12.9. The van der Waals surface area contributed by atoms with Crippen molar-refractivity contribution in [2.45, 2.75) is 30.7 Å². The Kier molecular flexibility index (Phi) is 5.56. The molecule has 0 spiro atoms. The van der Waals surface area contributed by atoms with Crippen LogP contribution in [0.15, 0.2) is 51.9 Å². The second-order valence-corrected chi connectivity index (χ2v) is 7.16. The number of hydrogen-bond acceptors (Lipinski definition) is 10. The van der Waals surface area contributed by atoms with E-state index in [2.05, 4.69) is 0 Å². The van der Waals surface area contributed by atoms with Gasteiger partial charge in [-0.1, -0.05) is 12.1 Å². The predicted molar refractivity (Wildman–Crippen MR) is 106 cm³/mol. The molecule has 2 heterocycles. The standard InChI is InChI=1S/C21H20O10/c22-7-16-18(26)19(27)20(28)21(31-16)30-15-6-14-11(5-13(15)24)17(25)12(8-29-14)9-1-3-10(23)4-2-9/h1-6,8,16,18-24,26-28H,7H2/t16-,18-,19+,20-,21-/m0/s1. The van der Waals surface area contributed by atoms with Gasteiger partial charge in [-0.2, -0.15) is 0 Å². The van der Waals surface area contributed by atoms with Crippen molar-refractivity contribution >= 4 is 11.0 Å². The quantitative estimate of drug-likeness (QED) is 0.331. The van der Waals surface area contributed by atoms with Crippen molar-refractivity contribution in [3.63, 3.8) is 0 Å². The monoisotopic (exact) mass is 432 g/mol. The van der Waals surface area contributed by atoms with Gasteiger partial charge in [-0.05, 0) is 23.8 Å². The number of aliphatic hydroxyl groups is 4. The van der Waals surface area contributed by atoms with Crippen LogP contribution in [-0.2, 0) is 4.74 Å². The number of ether oxygens (including phenoxy) is 2. The van der Waals surface area contributed by atoms with E-state index >= 15 is 0 Å². The molecule has 5 atom stereocenters. The summed E-state index contributed by atoms with van der Waals surface area (Å²) in [6.07, 6.45) is -6.34. The van der Waals surface area contributed by atoms with Crippen molar-refractivity contribution < 1.29 is 44.5 Å². The first-order chi connectivity index (χ1) is 14.8. The Morgan fingerprint density at radius 2 is 1.68 bits per heavy atom. The normalized spacial score (nSPS) is 26.1. The van der Waals surface area contributed by atoms with Gasteiger partial charge in [0, 0.05) is 6.07 Å². The summed E-state index contributed by atoms with van der Waals surface area (Å²) in [6, 6.07) is 8.29. The first kappa shape index (κ1) is 21.1. The van der Waals surface area contributed by atoms with Crippen LogP contribution in [0.25, 0.3) is 22.1 Å². The average Bonchev–Trinajstić information content (AvgIpc) is 2.76. The number of phenolic OH excluding ortho intramolecular Hbond substituents is 2. The lowest BCUT2D eigenvalue weighted by molar-refractivity contribution is -0.277. The molecule has 1 aromatic heterocycles. The van der Waals surface area contributed by atoms with Crippen LogP contribution in [0.1, 0.15) is 0 Å². The minimum absolute atomic E-state index is 0.0431. The van der Waals surface area contributed by atoms with E-state index in [0.29, 0.717) is 5.56 Å². The van der Waals surface area contributed by atoms with E-state index in [-0.39, 0.29) is 28.0 Å². The molecule has 0 radical (unpaired) electrons. The molecule has 1 fully saturated rings. The number of hydrogen-bond donors (Lipinski definition) is 6. The molecular weight excluding hydrogens is 412 g/mol. The van der Waals surface area contributed by atoms with Crippen LogP contribution in [0, 0.1) is 0 Å². The molecule has 1 aliphatic heterocycles.